The van der Waals surface area contributed by atoms with Gasteiger partial charge in [0.05, 0.1) is 6.10 Å². The molecule has 4 heteroatoms. The van der Waals surface area contributed by atoms with E-state index in [1.54, 1.807) is 0 Å². The molecular formula is C23H38O4. The SMILES string of the molecule is C[C@@H](CO)CCC(=O)[C@@H](C)[C@@H]1C(=O)C[C@H]2C[C@H]3C[C@@H](O)CC[C@@]3(C)C[C@@]21C. The third-order valence-electron chi connectivity index (χ3n) is 8.59. The van der Waals surface area contributed by atoms with Crippen LogP contribution in [0.4, 0.5) is 0 Å². The zero-order valence-corrected chi connectivity index (χ0v) is 17.5. The molecule has 0 amide bonds. The van der Waals surface area contributed by atoms with Crippen LogP contribution in [0.3, 0.4) is 0 Å². The number of carbonyl (C=O) groups is 2. The summed E-state index contributed by atoms with van der Waals surface area (Å²) in [5, 5.41) is 19.3. The van der Waals surface area contributed by atoms with E-state index in [1.165, 1.54) is 0 Å². The number of rotatable bonds is 6. The van der Waals surface area contributed by atoms with Crippen molar-refractivity contribution in [2.24, 2.45) is 40.4 Å². The first kappa shape index (κ1) is 21.0. The van der Waals surface area contributed by atoms with Gasteiger partial charge in [-0.1, -0.05) is 27.7 Å². The molecule has 154 valence electrons. The molecule has 8 atom stereocenters. The van der Waals surface area contributed by atoms with Crippen LogP contribution in [0, 0.1) is 40.4 Å². The molecule has 0 saturated heterocycles. The molecule has 3 fully saturated rings. The maximum absolute atomic E-state index is 13.0. The summed E-state index contributed by atoms with van der Waals surface area (Å²) in [4.78, 5) is 25.9. The third-order valence-corrected chi connectivity index (χ3v) is 8.59. The molecule has 0 aromatic carbocycles. The Morgan fingerprint density at radius 1 is 1.22 bits per heavy atom. The fourth-order valence-electron chi connectivity index (χ4n) is 6.83. The van der Waals surface area contributed by atoms with Gasteiger partial charge in [0.15, 0.2) is 0 Å². The summed E-state index contributed by atoms with van der Waals surface area (Å²) < 4.78 is 0. The first-order chi connectivity index (χ1) is 12.6. The van der Waals surface area contributed by atoms with Gasteiger partial charge in [-0.3, -0.25) is 9.59 Å². The van der Waals surface area contributed by atoms with Crippen molar-refractivity contribution < 1.29 is 19.8 Å². The van der Waals surface area contributed by atoms with Gasteiger partial charge in [-0.15, -0.1) is 0 Å². The molecule has 0 aliphatic heterocycles. The summed E-state index contributed by atoms with van der Waals surface area (Å²) in [7, 11) is 0. The Balaban J connectivity index is 1.77. The van der Waals surface area contributed by atoms with Gasteiger partial charge in [0, 0.05) is 31.3 Å². The average molecular weight is 379 g/mol. The number of hydrogen-bond acceptors (Lipinski definition) is 4. The molecule has 0 aromatic rings. The van der Waals surface area contributed by atoms with Crippen LogP contribution in [0.5, 0.6) is 0 Å². The highest BCUT2D eigenvalue weighted by Crippen LogP contribution is 2.65. The molecule has 3 aliphatic carbocycles. The maximum atomic E-state index is 13.0. The smallest absolute Gasteiger partial charge is 0.137 e. The number of aliphatic hydroxyl groups is 2. The van der Waals surface area contributed by atoms with E-state index in [0.29, 0.717) is 31.1 Å². The van der Waals surface area contributed by atoms with E-state index in [0.717, 1.165) is 32.1 Å². The average Bonchev–Trinajstić information content (AvgIpc) is 2.85. The fourth-order valence-corrected chi connectivity index (χ4v) is 6.83. The molecule has 3 rings (SSSR count). The van der Waals surface area contributed by atoms with Crippen LogP contribution in [0.2, 0.25) is 0 Å². The lowest BCUT2D eigenvalue weighted by atomic mass is 9.48. The van der Waals surface area contributed by atoms with Gasteiger partial charge in [0.2, 0.25) is 0 Å². The van der Waals surface area contributed by atoms with Crippen LogP contribution in [-0.2, 0) is 9.59 Å². The molecule has 3 aliphatic rings. The number of aliphatic hydroxyl groups excluding tert-OH is 2. The van der Waals surface area contributed by atoms with Crippen molar-refractivity contribution in [2.45, 2.75) is 85.2 Å². The highest BCUT2D eigenvalue weighted by molar-refractivity contribution is 5.92. The summed E-state index contributed by atoms with van der Waals surface area (Å²) in [5.74, 6) is 1.05. The summed E-state index contributed by atoms with van der Waals surface area (Å²) in [5.41, 5.74) is 0.0871. The Morgan fingerprint density at radius 2 is 1.93 bits per heavy atom. The number of fused-ring (bicyclic) bond motifs is 2. The number of Topliss-reactive ketones (excluding diaryl/α,β-unsaturated/α-hetero) is 2. The summed E-state index contributed by atoms with van der Waals surface area (Å²) in [6.07, 6.45) is 6.35. The van der Waals surface area contributed by atoms with E-state index in [-0.39, 0.29) is 52.9 Å². The van der Waals surface area contributed by atoms with E-state index >= 15 is 0 Å². The second-order valence-corrected chi connectivity index (χ2v) is 10.6. The normalized spacial score (nSPS) is 43.7. The first-order valence-electron chi connectivity index (χ1n) is 10.9. The predicted molar refractivity (Wildman–Crippen MR) is 105 cm³/mol. The lowest BCUT2D eigenvalue weighted by Gasteiger charge is -2.56. The minimum Gasteiger partial charge on any atom is -0.396 e. The van der Waals surface area contributed by atoms with Gasteiger partial charge in [-0.25, -0.2) is 0 Å². The van der Waals surface area contributed by atoms with E-state index in [4.69, 9.17) is 0 Å². The Morgan fingerprint density at radius 3 is 2.59 bits per heavy atom. The molecule has 27 heavy (non-hydrogen) atoms. The zero-order chi connectivity index (χ0) is 20.0. The van der Waals surface area contributed by atoms with Gasteiger partial charge in [0.25, 0.3) is 0 Å². The Bertz CT molecular complexity index is 587. The van der Waals surface area contributed by atoms with Gasteiger partial charge in [0.1, 0.15) is 11.6 Å². The molecule has 2 N–H and O–H groups in total. The second kappa shape index (κ2) is 7.59. The fraction of sp³-hybridized carbons (Fsp3) is 0.913. The topological polar surface area (TPSA) is 74.6 Å². The van der Waals surface area contributed by atoms with E-state index < -0.39 is 0 Å². The van der Waals surface area contributed by atoms with Crippen LogP contribution in [0.15, 0.2) is 0 Å². The molecule has 0 aromatic heterocycles. The quantitative estimate of drug-likeness (QED) is 0.738. The van der Waals surface area contributed by atoms with Crippen LogP contribution in [0.25, 0.3) is 0 Å². The number of ketones is 2. The summed E-state index contributed by atoms with van der Waals surface area (Å²) in [6, 6.07) is 0. The second-order valence-electron chi connectivity index (χ2n) is 10.6. The van der Waals surface area contributed by atoms with Crippen molar-refractivity contribution in [1.82, 2.24) is 0 Å². The monoisotopic (exact) mass is 378 g/mol. The van der Waals surface area contributed by atoms with Crippen LogP contribution < -0.4 is 0 Å². The van der Waals surface area contributed by atoms with Gasteiger partial charge < -0.3 is 10.2 Å². The largest absolute Gasteiger partial charge is 0.396 e. The predicted octanol–water partition coefficient (Wildman–Crippen LogP) is 3.77. The molecular weight excluding hydrogens is 340 g/mol. The lowest BCUT2D eigenvalue weighted by Crippen LogP contribution is -2.50. The van der Waals surface area contributed by atoms with Crippen molar-refractivity contribution in [2.75, 3.05) is 6.61 Å². The number of carbonyl (C=O) groups excluding carboxylic acids is 2. The van der Waals surface area contributed by atoms with Gasteiger partial charge in [-0.2, -0.15) is 0 Å². The molecule has 0 unspecified atom stereocenters. The van der Waals surface area contributed by atoms with Crippen molar-refractivity contribution in [3.05, 3.63) is 0 Å². The van der Waals surface area contributed by atoms with Crippen molar-refractivity contribution in [3.8, 4) is 0 Å². The Hall–Kier alpha value is -0.740. The molecule has 0 heterocycles. The van der Waals surface area contributed by atoms with Gasteiger partial charge >= 0.3 is 0 Å². The molecule has 4 nitrogen and oxygen atoms in total. The van der Waals surface area contributed by atoms with Crippen molar-refractivity contribution in [1.29, 1.82) is 0 Å². The Labute approximate surface area is 164 Å². The van der Waals surface area contributed by atoms with Crippen LogP contribution in [0.1, 0.15) is 79.1 Å². The lowest BCUT2D eigenvalue weighted by molar-refractivity contribution is -0.137. The molecule has 3 saturated carbocycles. The minimum atomic E-state index is -0.229. The maximum Gasteiger partial charge on any atom is 0.137 e. The minimum absolute atomic E-state index is 0.0949. The van der Waals surface area contributed by atoms with E-state index in [2.05, 4.69) is 13.8 Å². The standard InChI is InChI=1S/C23H38O4/c1-14(12-24)5-6-19(26)15(2)21-20(27)11-17-9-16-10-18(25)7-8-22(16,3)13-23(17,21)4/h14-18,21,24-25H,5-13H2,1-4H3/t14-,15-,16+,17-,18+,21-,22+,23+/m1/s1. The highest BCUT2D eigenvalue weighted by atomic mass is 16.3. The van der Waals surface area contributed by atoms with E-state index in [1.807, 2.05) is 13.8 Å². The van der Waals surface area contributed by atoms with Gasteiger partial charge in [-0.05, 0) is 67.1 Å². The van der Waals surface area contributed by atoms with Crippen LogP contribution >= 0.6 is 0 Å². The first-order valence-corrected chi connectivity index (χ1v) is 10.9. The van der Waals surface area contributed by atoms with Crippen LogP contribution in [-0.4, -0.2) is 34.5 Å². The van der Waals surface area contributed by atoms with Crippen molar-refractivity contribution >= 4 is 11.6 Å². The van der Waals surface area contributed by atoms with Crippen molar-refractivity contribution in [3.63, 3.8) is 0 Å². The summed E-state index contributed by atoms with van der Waals surface area (Å²) in [6.45, 7) is 8.63. The molecule has 0 spiro atoms. The molecule has 0 radical (unpaired) electrons. The zero-order valence-electron chi connectivity index (χ0n) is 17.5. The number of hydrogen-bond donors (Lipinski definition) is 2. The molecule has 0 bridgehead atoms. The Kier molecular flexibility index (Phi) is 5.90. The highest BCUT2D eigenvalue weighted by Gasteiger charge is 2.61. The van der Waals surface area contributed by atoms with E-state index in [9.17, 15) is 19.8 Å². The third kappa shape index (κ3) is 3.76. The summed E-state index contributed by atoms with van der Waals surface area (Å²) >= 11 is 0.